The van der Waals surface area contributed by atoms with Crippen LogP contribution in [0.2, 0.25) is 0 Å². The number of amides is 6. The van der Waals surface area contributed by atoms with Gasteiger partial charge < -0.3 is 42.1 Å². The number of aromatic nitrogens is 2. The summed E-state index contributed by atoms with van der Waals surface area (Å²) in [4.78, 5) is 90.8. The average Bonchev–Trinajstić information content (AvgIpc) is 3.75. The Morgan fingerprint density at radius 3 is 1.29 bits per heavy atom. The maximum Gasteiger partial charge on any atom is 0.271 e. The van der Waals surface area contributed by atoms with E-state index < -0.39 is 83.9 Å². The van der Waals surface area contributed by atoms with Crippen molar-refractivity contribution < 1.29 is 39.0 Å². The van der Waals surface area contributed by atoms with Gasteiger partial charge in [0, 0.05) is 22.3 Å². The standard InChI is InChI=1S/C32H46N8O8S4/c1-13(2)7-17-31-37-19(9-49-31)25(43)35-22-12-52-51-11-21(27(45)39-23(15(5)41)29(47)33-17)36-26(44)20-10-50-32(38-20)18(8-14(3)4)34-30(48)24(16(6)42)40-28(22)46/h9-10,13-18,21-24,41-42H,7-8,11-12H2,1-6H3,(H,33,47)(H,34,48)(H,35,43)(H,36,44)(H,39,45)(H,40,46)/t15-,16-,17+,18+,21-,22-,23-,24-/m0/s1. The number of aliphatic hydroxyl groups is 2. The van der Waals surface area contributed by atoms with E-state index in [0.717, 1.165) is 44.3 Å². The molecule has 8 N–H and O–H groups in total. The second-order valence-corrected chi connectivity index (χ2v) is 17.9. The predicted molar refractivity (Wildman–Crippen MR) is 200 cm³/mol. The molecule has 0 fully saturated rings. The number of rotatable bonds is 6. The van der Waals surface area contributed by atoms with Crippen molar-refractivity contribution in [3.63, 3.8) is 0 Å². The quantitative estimate of drug-likeness (QED) is 0.191. The van der Waals surface area contributed by atoms with Crippen LogP contribution in [-0.2, 0) is 19.2 Å². The molecule has 0 aliphatic carbocycles. The van der Waals surface area contributed by atoms with Crippen LogP contribution in [-0.4, -0.2) is 104 Å². The Bertz CT molecular complexity index is 1500. The first-order valence-corrected chi connectivity index (χ1v) is 21.1. The molecule has 2 aromatic heterocycles. The molecule has 4 heterocycles. The first-order valence-electron chi connectivity index (χ1n) is 16.9. The molecular weight excluding hydrogens is 753 g/mol. The lowest BCUT2D eigenvalue weighted by Crippen LogP contribution is -2.58. The lowest BCUT2D eigenvalue weighted by atomic mass is 10.0. The van der Waals surface area contributed by atoms with Crippen LogP contribution in [0.5, 0.6) is 0 Å². The maximum absolute atomic E-state index is 13.8. The molecule has 20 heteroatoms. The number of hydrogen-bond donors (Lipinski definition) is 8. The molecule has 0 saturated heterocycles. The normalized spacial score (nSPS) is 26.9. The molecule has 6 amide bonds. The van der Waals surface area contributed by atoms with Gasteiger partial charge in [-0.2, -0.15) is 0 Å². The molecule has 2 aromatic rings. The second kappa shape index (κ2) is 18.6. The fourth-order valence-electron chi connectivity index (χ4n) is 5.39. The minimum Gasteiger partial charge on any atom is -0.391 e. The topological polar surface area (TPSA) is 241 Å². The fraction of sp³-hybridized carbons (Fsp3) is 0.625. The predicted octanol–water partition coefficient (Wildman–Crippen LogP) is 1.04. The summed E-state index contributed by atoms with van der Waals surface area (Å²) in [5, 5.41) is 41.3. The highest BCUT2D eigenvalue weighted by atomic mass is 33.1. The molecule has 0 spiro atoms. The molecule has 4 rings (SSSR count). The average molecular weight is 799 g/mol. The maximum atomic E-state index is 13.8. The Balaban J connectivity index is 1.80. The zero-order chi connectivity index (χ0) is 38.3. The van der Waals surface area contributed by atoms with E-state index in [4.69, 9.17) is 0 Å². The smallest absolute Gasteiger partial charge is 0.271 e. The van der Waals surface area contributed by atoms with Crippen LogP contribution in [0.15, 0.2) is 10.8 Å². The van der Waals surface area contributed by atoms with Gasteiger partial charge in [0.05, 0.1) is 24.3 Å². The van der Waals surface area contributed by atoms with E-state index in [0.29, 0.717) is 22.9 Å². The van der Waals surface area contributed by atoms with Crippen LogP contribution in [0.1, 0.15) is 97.5 Å². The number of fused-ring (bicyclic) bond motifs is 9. The summed E-state index contributed by atoms with van der Waals surface area (Å²) in [6.07, 6.45) is -1.83. The summed E-state index contributed by atoms with van der Waals surface area (Å²) >= 11 is 2.24. The number of carbonyl (C=O) groups excluding carboxylic acids is 6. The van der Waals surface area contributed by atoms with Crippen molar-refractivity contribution in [2.75, 3.05) is 11.5 Å². The van der Waals surface area contributed by atoms with Crippen molar-refractivity contribution in [2.24, 2.45) is 11.8 Å². The van der Waals surface area contributed by atoms with Crippen LogP contribution in [0.3, 0.4) is 0 Å². The molecule has 0 radical (unpaired) electrons. The third-order valence-electron chi connectivity index (χ3n) is 8.07. The van der Waals surface area contributed by atoms with Crippen molar-refractivity contribution in [1.82, 2.24) is 41.9 Å². The SMILES string of the molecule is CC(C)C[C@H]1NC(=O)[C@H]([C@H](C)O)NC(=O)[C@@H]2CSSC[C@H](NC(=O)c3csc1n3)C(=O)N[C@@H]([C@H](C)O)C(=O)N[C@H](CC(C)C)c1nc(cs1)C(=O)N2. The highest BCUT2D eigenvalue weighted by molar-refractivity contribution is 8.76. The largest absolute Gasteiger partial charge is 0.391 e. The van der Waals surface area contributed by atoms with Crippen molar-refractivity contribution in [2.45, 2.75) is 103 Å². The molecule has 2 aliphatic heterocycles. The number of carbonyl (C=O) groups is 6. The zero-order valence-corrected chi connectivity index (χ0v) is 32.9. The molecule has 8 atom stereocenters. The second-order valence-electron chi connectivity index (χ2n) is 13.6. The molecule has 0 aromatic carbocycles. The van der Waals surface area contributed by atoms with Crippen molar-refractivity contribution in [1.29, 1.82) is 0 Å². The summed E-state index contributed by atoms with van der Waals surface area (Å²) in [6, 6.07) is -6.64. The Morgan fingerprint density at radius 2 is 0.962 bits per heavy atom. The van der Waals surface area contributed by atoms with Gasteiger partial charge in [0.1, 0.15) is 45.6 Å². The zero-order valence-electron chi connectivity index (χ0n) is 29.6. The van der Waals surface area contributed by atoms with Gasteiger partial charge >= 0.3 is 0 Å². The van der Waals surface area contributed by atoms with Gasteiger partial charge in [-0.1, -0.05) is 49.3 Å². The Morgan fingerprint density at radius 1 is 0.596 bits per heavy atom. The van der Waals surface area contributed by atoms with Crippen LogP contribution in [0, 0.1) is 11.8 Å². The molecule has 286 valence electrons. The van der Waals surface area contributed by atoms with Crippen LogP contribution in [0.25, 0.3) is 0 Å². The monoisotopic (exact) mass is 798 g/mol. The highest BCUT2D eigenvalue weighted by Gasteiger charge is 2.36. The third kappa shape index (κ3) is 11.1. The summed E-state index contributed by atoms with van der Waals surface area (Å²) < 4.78 is 0. The Kier molecular flexibility index (Phi) is 14.9. The van der Waals surface area contributed by atoms with Crippen LogP contribution in [0.4, 0.5) is 0 Å². The molecule has 0 unspecified atom stereocenters. The number of thiazole rings is 2. The molecule has 6 bridgehead atoms. The molecular formula is C32H46N8O8S4. The first-order chi connectivity index (χ1) is 24.5. The highest BCUT2D eigenvalue weighted by Crippen LogP contribution is 2.28. The van der Waals surface area contributed by atoms with Crippen molar-refractivity contribution in [3.05, 3.63) is 32.2 Å². The first kappa shape index (κ1) is 41.5. The fourth-order valence-corrected chi connectivity index (χ4v) is 9.45. The van der Waals surface area contributed by atoms with E-state index in [2.05, 4.69) is 41.9 Å². The number of nitrogens with zero attached hydrogens (tertiary/aromatic N) is 2. The Hall–Kier alpha value is -3.30. The molecule has 16 nitrogen and oxygen atoms in total. The van der Waals surface area contributed by atoms with Gasteiger partial charge in [-0.05, 0) is 38.5 Å². The number of aliphatic hydroxyl groups excluding tert-OH is 2. The van der Waals surface area contributed by atoms with Crippen LogP contribution < -0.4 is 31.9 Å². The van der Waals surface area contributed by atoms with Gasteiger partial charge in [0.25, 0.3) is 11.8 Å². The van der Waals surface area contributed by atoms with Crippen LogP contribution >= 0.6 is 44.3 Å². The van der Waals surface area contributed by atoms with Gasteiger partial charge in [-0.15, -0.1) is 22.7 Å². The lowest BCUT2D eigenvalue weighted by Gasteiger charge is -2.27. The van der Waals surface area contributed by atoms with Crippen molar-refractivity contribution in [3.8, 4) is 0 Å². The van der Waals surface area contributed by atoms with Gasteiger partial charge in [0.2, 0.25) is 23.6 Å². The van der Waals surface area contributed by atoms with E-state index in [1.165, 1.54) is 24.6 Å². The van der Waals surface area contributed by atoms with E-state index >= 15 is 0 Å². The van der Waals surface area contributed by atoms with Gasteiger partial charge in [-0.25, -0.2) is 9.97 Å². The summed E-state index contributed by atoms with van der Waals surface area (Å²) in [6.45, 7) is 10.5. The minimum absolute atomic E-state index is 0.00620. The summed E-state index contributed by atoms with van der Waals surface area (Å²) in [5.74, 6) is -4.19. The molecule has 52 heavy (non-hydrogen) atoms. The third-order valence-corrected chi connectivity index (χ3v) is 12.4. The van der Waals surface area contributed by atoms with Gasteiger partial charge in [0.15, 0.2) is 0 Å². The number of nitrogens with one attached hydrogen (secondary N) is 6. The van der Waals surface area contributed by atoms with E-state index in [-0.39, 0.29) is 34.7 Å². The summed E-state index contributed by atoms with van der Waals surface area (Å²) in [7, 11) is 2.21. The van der Waals surface area contributed by atoms with Crippen molar-refractivity contribution >= 4 is 79.7 Å². The molecule has 0 saturated carbocycles. The van der Waals surface area contributed by atoms with Gasteiger partial charge in [-0.3, -0.25) is 28.8 Å². The lowest BCUT2D eigenvalue weighted by molar-refractivity contribution is -0.132. The molecule has 2 aliphatic rings. The van der Waals surface area contributed by atoms with E-state index in [1.54, 1.807) is 0 Å². The minimum atomic E-state index is -1.40. The summed E-state index contributed by atoms with van der Waals surface area (Å²) in [5.41, 5.74) is -0.0124. The van der Waals surface area contributed by atoms with E-state index in [9.17, 15) is 39.0 Å². The van der Waals surface area contributed by atoms with E-state index in [1.807, 2.05) is 27.7 Å². The number of hydrogen-bond acceptors (Lipinski definition) is 14. The Labute approximate surface area is 317 Å².